The Morgan fingerprint density at radius 3 is 2.50 bits per heavy atom. The summed E-state index contributed by atoms with van der Waals surface area (Å²) < 4.78 is 18.6. The summed E-state index contributed by atoms with van der Waals surface area (Å²) in [7, 11) is 3.13. The van der Waals surface area contributed by atoms with E-state index in [4.69, 9.17) is 14.2 Å². The van der Waals surface area contributed by atoms with Gasteiger partial charge in [-0.25, -0.2) is 9.79 Å². The third-order valence-corrected chi connectivity index (χ3v) is 7.89. The second-order valence-corrected chi connectivity index (χ2v) is 10.2. The lowest BCUT2D eigenvalue weighted by molar-refractivity contribution is -0.139. The van der Waals surface area contributed by atoms with Crippen LogP contribution in [0.2, 0.25) is 0 Å². The fraction of sp³-hybridized carbons (Fsp3) is 0.345. The van der Waals surface area contributed by atoms with Gasteiger partial charge in [0, 0.05) is 24.3 Å². The molecule has 3 aromatic rings. The van der Waals surface area contributed by atoms with Gasteiger partial charge in [-0.1, -0.05) is 23.5 Å². The molecule has 0 N–H and O–H groups in total. The van der Waals surface area contributed by atoms with Gasteiger partial charge in [0.2, 0.25) is 0 Å². The smallest absolute Gasteiger partial charge is 0.338 e. The van der Waals surface area contributed by atoms with Crippen LogP contribution in [0, 0.1) is 0 Å². The van der Waals surface area contributed by atoms with E-state index in [9.17, 15) is 9.59 Å². The highest BCUT2D eigenvalue weighted by Gasteiger charge is 2.35. The Hall–Kier alpha value is -3.85. The van der Waals surface area contributed by atoms with Gasteiger partial charge >= 0.3 is 5.97 Å². The fourth-order valence-electron chi connectivity index (χ4n) is 5.05. The number of carbonyl (C=O) groups excluding carboxylic acids is 1. The van der Waals surface area contributed by atoms with Crippen LogP contribution in [0.25, 0.3) is 6.08 Å². The van der Waals surface area contributed by atoms with Crippen molar-refractivity contribution in [2.75, 3.05) is 38.8 Å². The molecule has 0 bridgehead atoms. The van der Waals surface area contributed by atoms with Gasteiger partial charge in [-0.3, -0.25) is 9.36 Å². The molecule has 2 aromatic carbocycles. The zero-order valence-electron chi connectivity index (χ0n) is 22.0. The molecule has 5 rings (SSSR count). The second kappa shape index (κ2) is 10.9. The number of esters is 1. The summed E-state index contributed by atoms with van der Waals surface area (Å²) in [5, 5.41) is 0. The molecule has 9 heteroatoms. The molecular weight excluding hydrogens is 502 g/mol. The van der Waals surface area contributed by atoms with E-state index in [0.29, 0.717) is 37.7 Å². The molecule has 0 spiro atoms. The van der Waals surface area contributed by atoms with Crippen molar-refractivity contribution in [2.24, 2.45) is 4.99 Å². The number of benzene rings is 2. The van der Waals surface area contributed by atoms with Gasteiger partial charge in [-0.05, 0) is 68.7 Å². The van der Waals surface area contributed by atoms with E-state index >= 15 is 0 Å². The van der Waals surface area contributed by atoms with Gasteiger partial charge in [0.15, 0.2) is 4.80 Å². The van der Waals surface area contributed by atoms with Gasteiger partial charge in [-0.15, -0.1) is 0 Å². The highest BCUT2D eigenvalue weighted by Crippen LogP contribution is 2.37. The Kier molecular flexibility index (Phi) is 7.37. The Morgan fingerprint density at radius 2 is 1.84 bits per heavy atom. The van der Waals surface area contributed by atoms with E-state index in [2.05, 4.69) is 22.0 Å². The molecule has 3 heterocycles. The standard InChI is InChI=1S/C29H31N3O5S/c1-5-37-28(34)25-18(2)30-29-32(26(25)22-17-21(35-3)12-13-23(22)36-4)27(33)24(38-29)16-19-8-10-20(11-9-19)31-14-6-7-15-31/h8-13,16-17,26H,5-7,14-15H2,1-4H3/b24-16+/t26-/m0/s1. The van der Waals surface area contributed by atoms with Crippen molar-refractivity contribution >= 4 is 29.1 Å². The van der Waals surface area contributed by atoms with E-state index in [1.807, 2.05) is 18.2 Å². The average Bonchev–Trinajstić information content (AvgIpc) is 3.57. The number of carbonyl (C=O) groups is 1. The van der Waals surface area contributed by atoms with Crippen LogP contribution in [0.3, 0.4) is 0 Å². The molecule has 1 atom stereocenters. The minimum atomic E-state index is -0.782. The number of ether oxygens (including phenoxy) is 3. The first kappa shape index (κ1) is 25.8. The van der Waals surface area contributed by atoms with Gasteiger partial charge in [-0.2, -0.15) is 0 Å². The molecule has 8 nitrogen and oxygen atoms in total. The number of anilines is 1. The highest BCUT2D eigenvalue weighted by atomic mass is 32.1. The predicted octanol–water partition coefficient (Wildman–Crippen LogP) is 3.42. The monoisotopic (exact) mass is 533 g/mol. The first-order valence-corrected chi connectivity index (χ1v) is 13.5. The third-order valence-electron chi connectivity index (χ3n) is 6.91. The molecule has 1 aromatic heterocycles. The van der Waals surface area contributed by atoms with Crippen LogP contribution < -0.4 is 29.3 Å². The molecule has 2 aliphatic heterocycles. The molecule has 0 amide bonds. The summed E-state index contributed by atoms with van der Waals surface area (Å²) in [4.78, 5) is 34.6. The molecule has 1 saturated heterocycles. The van der Waals surface area contributed by atoms with Crippen molar-refractivity contribution in [3.63, 3.8) is 0 Å². The lowest BCUT2D eigenvalue weighted by Crippen LogP contribution is -2.40. The molecule has 0 radical (unpaired) electrons. The van der Waals surface area contributed by atoms with Crippen LogP contribution in [0.1, 0.15) is 43.9 Å². The largest absolute Gasteiger partial charge is 0.497 e. The number of methoxy groups -OCH3 is 2. The summed E-state index contributed by atoms with van der Waals surface area (Å²) in [5.41, 5.74) is 3.30. The van der Waals surface area contributed by atoms with Crippen LogP contribution in [-0.2, 0) is 9.53 Å². The molecule has 2 aliphatic rings. The number of allylic oxidation sites excluding steroid dienone is 1. The Labute approximate surface area is 225 Å². The molecule has 1 fully saturated rings. The quantitative estimate of drug-likeness (QED) is 0.433. The van der Waals surface area contributed by atoms with Crippen molar-refractivity contribution in [3.05, 3.63) is 84.5 Å². The maximum atomic E-state index is 13.9. The number of hydrogen-bond donors (Lipinski definition) is 0. The van der Waals surface area contributed by atoms with E-state index in [0.717, 1.165) is 18.7 Å². The van der Waals surface area contributed by atoms with Crippen LogP contribution in [-0.4, -0.2) is 44.5 Å². The fourth-order valence-corrected chi connectivity index (χ4v) is 6.09. The summed E-state index contributed by atoms with van der Waals surface area (Å²) in [6.45, 7) is 5.87. The van der Waals surface area contributed by atoms with Crippen molar-refractivity contribution in [2.45, 2.75) is 32.7 Å². The number of rotatable bonds is 7. The first-order valence-electron chi connectivity index (χ1n) is 12.7. The predicted molar refractivity (Wildman–Crippen MR) is 148 cm³/mol. The van der Waals surface area contributed by atoms with Gasteiger partial charge in [0.25, 0.3) is 5.56 Å². The summed E-state index contributed by atoms with van der Waals surface area (Å²) in [6, 6.07) is 12.8. The van der Waals surface area contributed by atoms with E-state index in [1.165, 1.54) is 29.9 Å². The number of hydrogen-bond acceptors (Lipinski definition) is 8. The van der Waals surface area contributed by atoms with Gasteiger partial charge in [0.1, 0.15) is 17.5 Å². The lowest BCUT2D eigenvalue weighted by Gasteiger charge is -2.26. The molecule has 0 unspecified atom stereocenters. The zero-order valence-corrected chi connectivity index (χ0v) is 22.8. The van der Waals surface area contributed by atoms with Crippen molar-refractivity contribution in [1.29, 1.82) is 0 Å². The van der Waals surface area contributed by atoms with E-state index < -0.39 is 12.0 Å². The highest BCUT2D eigenvalue weighted by molar-refractivity contribution is 7.07. The van der Waals surface area contributed by atoms with Crippen molar-refractivity contribution in [3.8, 4) is 11.5 Å². The molecular formula is C29H31N3O5S. The lowest BCUT2D eigenvalue weighted by atomic mass is 9.94. The minimum absolute atomic E-state index is 0.204. The summed E-state index contributed by atoms with van der Waals surface area (Å²) >= 11 is 1.30. The Balaban J connectivity index is 1.66. The molecule has 198 valence electrons. The van der Waals surface area contributed by atoms with E-state index in [1.54, 1.807) is 50.8 Å². The number of nitrogens with zero attached hydrogens (tertiary/aromatic N) is 3. The van der Waals surface area contributed by atoms with Gasteiger partial charge in [0.05, 0.1) is 36.6 Å². The van der Waals surface area contributed by atoms with Crippen molar-refractivity contribution in [1.82, 2.24) is 4.57 Å². The zero-order chi connectivity index (χ0) is 26.8. The van der Waals surface area contributed by atoms with Crippen LogP contribution in [0.4, 0.5) is 5.69 Å². The molecule has 38 heavy (non-hydrogen) atoms. The van der Waals surface area contributed by atoms with E-state index in [-0.39, 0.29) is 12.2 Å². The number of fused-ring (bicyclic) bond motifs is 1. The van der Waals surface area contributed by atoms with Crippen LogP contribution >= 0.6 is 11.3 Å². The SMILES string of the molecule is CCOC(=O)C1=C(C)N=c2s/c(=C/c3ccc(N4CCCC4)cc3)c(=O)n2[C@H]1c1cc(OC)ccc1OC. The number of thiazole rings is 1. The Morgan fingerprint density at radius 1 is 1.11 bits per heavy atom. The molecule has 0 aliphatic carbocycles. The van der Waals surface area contributed by atoms with Crippen molar-refractivity contribution < 1.29 is 19.0 Å². The second-order valence-electron chi connectivity index (χ2n) is 9.20. The van der Waals surface area contributed by atoms with Gasteiger partial charge < -0.3 is 19.1 Å². The maximum absolute atomic E-state index is 13.9. The van der Waals surface area contributed by atoms with Crippen LogP contribution in [0.5, 0.6) is 11.5 Å². The minimum Gasteiger partial charge on any atom is -0.497 e. The topological polar surface area (TPSA) is 82.4 Å². The summed E-state index contributed by atoms with van der Waals surface area (Å²) in [5.74, 6) is 0.591. The Bertz CT molecular complexity index is 1560. The van der Waals surface area contributed by atoms with Crippen LogP contribution in [0.15, 0.2) is 63.5 Å². The molecule has 0 saturated carbocycles. The third kappa shape index (κ3) is 4.74. The normalized spacial score (nSPS) is 17.3. The average molecular weight is 534 g/mol. The maximum Gasteiger partial charge on any atom is 0.338 e. The summed E-state index contributed by atoms with van der Waals surface area (Å²) in [6.07, 6.45) is 4.31. The first-order chi connectivity index (χ1) is 18.4. The number of aromatic nitrogens is 1.